The van der Waals surface area contributed by atoms with Gasteiger partial charge in [-0.2, -0.15) is 0 Å². The summed E-state index contributed by atoms with van der Waals surface area (Å²) in [7, 11) is 0. The lowest BCUT2D eigenvalue weighted by atomic mass is 10.1. The van der Waals surface area contributed by atoms with Gasteiger partial charge in [0.15, 0.2) is 0 Å². The maximum Gasteiger partial charge on any atom is 0.0931 e. The molecule has 0 bridgehead atoms. The number of rotatable bonds is 3. The largest absolute Gasteiger partial charge is 0.385 e. The van der Waals surface area contributed by atoms with Gasteiger partial charge in [-0.05, 0) is 25.1 Å². The molecule has 0 radical (unpaired) electrons. The molecule has 106 valence electrons. The maximum absolute atomic E-state index is 6.33. The molecule has 0 saturated heterocycles. The number of anilines is 1. The predicted molar refractivity (Wildman–Crippen MR) is 91.4 cm³/mol. The van der Waals surface area contributed by atoms with Crippen molar-refractivity contribution in [3.63, 3.8) is 0 Å². The molecular formula is C17H14Cl2N2. The Morgan fingerprint density at radius 3 is 2.43 bits per heavy atom. The van der Waals surface area contributed by atoms with Crippen LogP contribution in [0.5, 0.6) is 0 Å². The van der Waals surface area contributed by atoms with E-state index in [1.807, 2.05) is 43.3 Å². The van der Waals surface area contributed by atoms with Gasteiger partial charge >= 0.3 is 0 Å². The second-order valence-corrected chi connectivity index (χ2v) is 5.52. The Morgan fingerprint density at radius 2 is 1.71 bits per heavy atom. The first-order chi connectivity index (χ1) is 10.2. The van der Waals surface area contributed by atoms with E-state index in [1.54, 1.807) is 12.1 Å². The van der Waals surface area contributed by atoms with Crippen molar-refractivity contribution in [2.75, 3.05) is 11.9 Å². The van der Waals surface area contributed by atoms with Crippen molar-refractivity contribution in [2.45, 2.75) is 6.92 Å². The Bertz CT molecular complexity index is 786. The fourth-order valence-corrected chi connectivity index (χ4v) is 2.81. The summed E-state index contributed by atoms with van der Waals surface area (Å²) in [6.07, 6.45) is 0. The van der Waals surface area contributed by atoms with E-state index in [2.05, 4.69) is 5.32 Å². The lowest BCUT2D eigenvalue weighted by Gasteiger charge is -2.13. The summed E-state index contributed by atoms with van der Waals surface area (Å²) < 4.78 is 0. The molecule has 1 N–H and O–H groups in total. The average molecular weight is 317 g/mol. The van der Waals surface area contributed by atoms with Crippen LogP contribution in [0.15, 0.2) is 48.5 Å². The first-order valence-electron chi connectivity index (χ1n) is 6.78. The van der Waals surface area contributed by atoms with E-state index >= 15 is 0 Å². The van der Waals surface area contributed by atoms with Crippen LogP contribution in [0.4, 0.5) is 5.69 Å². The SMILES string of the molecule is CCNc1cc(-c2ccccc2)nc2c(Cl)ccc(Cl)c12. The van der Waals surface area contributed by atoms with E-state index in [4.69, 9.17) is 28.2 Å². The van der Waals surface area contributed by atoms with Crippen LogP contribution in [0, 0.1) is 0 Å². The third-order valence-electron chi connectivity index (χ3n) is 3.30. The van der Waals surface area contributed by atoms with Crippen LogP contribution in [0.25, 0.3) is 22.2 Å². The van der Waals surface area contributed by atoms with Crippen LogP contribution in [-0.2, 0) is 0 Å². The fraction of sp³-hybridized carbons (Fsp3) is 0.118. The zero-order valence-electron chi connectivity index (χ0n) is 11.5. The molecule has 0 aliphatic heterocycles. The molecule has 4 heteroatoms. The zero-order valence-corrected chi connectivity index (χ0v) is 13.0. The fourth-order valence-electron chi connectivity index (χ4n) is 2.35. The number of aromatic nitrogens is 1. The third kappa shape index (κ3) is 2.69. The first-order valence-corrected chi connectivity index (χ1v) is 7.54. The van der Waals surface area contributed by atoms with Gasteiger partial charge in [0.05, 0.1) is 21.3 Å². The molecule has 0 fully saturated rings. The average Bonchev–Trinajstić information content (AvgIpc) is 2.52. The summed E-state index contributed by atoms with van der Waals surface area (Å²) in [5.74, 6) is 0. The normalized spacial score (nSPS) is 10.8. The van der Waals surface area contributed by atoms with Gasteiger partial charge in [0.25, 0.3) is 0 Å². The first kappa shape index (κ1) is 14.2. The molecule has 0 unspecified atom stereocenters. The summed E-state index contributed by atoms with van der Waals surface area (Å²) in [6, 6.07) is 15.6. The van der Waals surface area contributed by atoms with Crippen molar-refractivity contribution in [2.24, 2.45) is 0 Å². The number of halogens is 2. The predicted octanol–water partition coefficient (Wildman–Crippen LogP) is 5.64. The molecule has 0 spiro atoms. The van der Waals surface area contributed by atoms with Gasteiger partial charge in [0.2, 0.25) is 0 Å². The van der Waals surface area contributed by atoms with Crippen molar-refractivity contribution < 1.29 is 0 Å². The molecule has 1 aromatic heterocycles. The number of benzene rings is 2. The minimum absolute atomic E-state index is 0.603. The quantitative estimate of drug-likeness (QED) is 0.676. The Balaban J connectivity index is 2.32. The Kier molecular flexibility index (Phi) is 4.00. The minimum Gasteiger partial charge on any atom is -0.385 e. The zero-order chi connectivity index (χ0) is 14.8. The molecule has 3 rings (SSSR count). The number of hydrogen-bond acceptors (Lipinski definition) is 2. The van der Waals surface area contributed by atoms with Crippen molar-refractivity contribution >= 4 is 39.8 Å². The number of hydrogen-bond donors (Lipinski definition) is 1. The van der Waals surface area contributed by atoms with E-state index in [-0.39, 0.29) is 0 Å². The van der Waals surface area contributed by atoms with Gasteiger partial charge in [-0.3, -0.25) is 0 Å². The number of nitrogens with zero attached hydrogens (tertiary/aromatic N) is 1. The highest BCUT2D eigenvalue weighted by Gasteiger charge is 2.12. The molecule has 21 heavy (non-hydrogen) atoms. The molecule has 0 amide bonds. The van der Waals surface area contributed by atoms with Gasteiger partial charge in [0, 0.05) is 23.2 Å². The van der Waals surface area contributed by atoms with Gasteiger partial charge < -0.3 is 5.32 Å². The van der Waals surface area contributed by atoms with Crippen molar-refractivity contribution in [3.05, 3.63) is 58.6 Å². The number of fused-ring (bicyclic) bond motifs is 1. The molecule has 2 aromatic carbocycles. The molecule has 3 aromatic rings. The van der Waals surface area contributed by atoms with Crippen LogP contribution in [0.2, 0.25) is 10.0 Å². The van der Waals surface area contributed by atoms with Crippen LogP contribution in [0.3, 0.4) is 0 Å². The van der Waals surface area contributed by atoms with Crippen LogP contribution in [0.1, 0.15) is 6.92 Å². The Hall–Kier alpha value is -1.77. The van der Waals surface area contributed by atoms with E-state index in [0.29, 0.717) is 10.0 Å². The molecule has 0 aliphatic rings. The molecule has 2 nitrogen and oxygen atoms in total. The maximum atomic E-state index is 6.33. The molecule has 0 atom stereocenters. The lowest BCUT2D eigenvalue weighted by Crippen LogP contribution is -2.00. The van der Waals surface area contributed by atoms with Gasteiger partial charge in [0.1, 0.15) is 0 Å². The van der Waals surface area contributed by atoms with Gasteiger partial charge in [-0.15, -0.1) is 0 Å². The molecule has 1 heterocycles. The van der Waals surface area contributed by atoms with Crippen LogP contribution < -0.4 is 5.32 Å². The minimum atomic E-state index is 0.603. The Morgan fingerprint density at radius 1 is 1.00 bits per heavy atom. The lowest BCUT2D eigenvalue weighted by molar-refractivity contribution is 1.21. The van der Waals surface area contributed by atoms with Crippen molar-refractivity contribution in [3.8, 4) is 11.3 Å². The summed E-state index contributed by atoms with van der Waals surface area (Å²) >= 11 is 12.6. The second kappa shape index (κ2) is 5.92. The summed E-state index contributed by atoms with van der Waals surface area (Å²) in [4.78, 5) is 4.69. The Labute approximate surface area is 133 Å². The summed E-state index contributed by atoms with van der Waals surface area (Å²) in [5.41, 5.74) is 3.60. The van der Waals surface area contributed by atoms with E-state index < -0.39 is 0 Å². The van der Waals surface area contributed by atoms with E-state index in [0.717, 1.165) is 34.4 Å². The van der Waals surface area contributed by atoms with Gasteiger partial charge in [-0.25, -0.2) is 4.98 Å². The smallest absolute Gasteiger partial charge is 0.0931 e. The van der Waals surface area contributed by atoms with Crippen LogP contribution in [-0.4, -0.2) is 11.5 Å². The third-order valence-corrected chi connectivity index (χ3v) is 3.92. The summed E-state index contributed by atoms with van der Waals surface area (Å²) in [6.45, 7) is 2.85. The van der Waals surface area contributed by atoms with Crippen molar-refractivity contribution in [1.29, 1.82) is 0 Å². The highest BCUT2D eigenvalue weighted by molar-refractivity contribution is 6.40. The molecule has 0 aliphatic carbocycles. The second-order valence-electron chi connectivity index (χ2n) is 4.70. The highest BCUT2D eigenvalue weighted by atomic mass is 35.5. The molecule has 0 saturated carbocycles. The standard InChI is InChI=1S/C17H14Cl2N2/c1-2-20-15-10-14(11-6-4-3-5-7-11)21-17-13(19)9-8-12(18)16(15)17/h3-10H,2H2,1H3,(H,20,21). The molecular weight excluding hydrogens is 303 g/mol. The van der Waals surface area contributed by atoms with E-state index in [9.17, 15) is 0 Å². The number of nitrogens with one attached hydrogen (secondary N) is 1. The number of pyridine rings is 1. The highest BCUT2D eigenvalue weighted by Crippen LogP contribution is 2.36. The monoisotopic (exact) mass is 316 g/mol. The topological polar surface area (TPSA) is 24.9 Å². The summed E-state index contributed by atoms with van der Waals surface area (Å²) in [5, 5.41) is 5.47. The van der Waals surface area contributed by atoms with E-state index in [1.165, 1.54) is 0 Å². The van der Waals surface area contributed by atoms with Gasteiger partial charge in [-0.1, -0.05) is 53.5 Å². The van der Waals surface area contributed by atoms with Crippen molar-refractivity contribution in [1.82, 2.24) is 4.98 Å². The van der Waals surface area contributed by atoms with Crippen LogP contribution >= 0.6 is 23.2 Å².